The minimum atomic E-state index is -0.868. The van der Waals surface area contributed by atoms with E-state index >= 15 is 0 Å². The fourth-order valence-corrected chi connectivity index (χ4v) is 15.9. The summed E-state index contributed by atoms with van der Waals surface area (Å²) in [5.41, 5.74) is 20.9. The number of hydrogen-bond acceptors (Lipinski definition) is 0. The summed E-state index contributed by atoms with van der Waals surface area (Å²) in [7, 11) is 0. The molecule has 0 aliphatic heterocycles. The van der Waals surface area contributed by atoms with E-state index in [0.717, 1.165) is 177 Å². The Labute approximate surface area is 686 Å². The van der Waals surface area contributed by atoms with Gasteiger partial charge in [0, 0.05) is 55.6 Å². The number of benzene rings is 10. The minimum Gasteiger partial charge on any atom is -0.204 e. The first-order valence-electron chi connectivity index (χ1n) is 41.1. The van der Waals surface area contributed by atoms with Crippen LogP contribution in [0.25, 0.3) is 0 Å². The Bertz CT molecular complexity index is 5540. The summed E-state index contributed by atoms with van der Waals surface area (Å²) in [6, 6.07) is 50.2. The summed E-state index contributed by atoms with van der Waals surface area (Å²) >= 11 is 0. The molecular weight excluding hydrogens is 1480 g/mol. The quantitative estimate of drug-likeness (QED) is 0.0524. The van der Waals surface area contributed by atoms with E-state index in [1.807, 2.05) is 42.5 Å². The first-order chi connectivity index (χ1) is 56.8. The molecule has 10 aromatic rings. The molecule has 0 heterocycles. The third kappa shape index (κ3) is 26.0. The number of allylic oxidation sites excluding steroid dienone is 4. The molecule has 5 atom stereocenters. The summed E-state index contributed by atoms with van der Waals surface area (Å²) in [5.74, 6) is 24.8. The summed E-state index contributed by atoms with van der Waals surface area (Å²) in [4.78, 5) is 0. The van der Waals surface area contributed by atoms with Crippen LogP contribution in [-0.2, 0) is 64.2 Å². The van der Waals surface area contributed by atoms with Gasteiger partial charge in [0.05, 0.1) is 0 Å². The van der Waals surface area contributed by atoms with E-state index in [0.29, 0.717) is 39.7 Å². The summed E-state index contributed by atoms with van der Waals surface area (Å²) in [6.07, 6.45) is 35.6. The van der Waals surface area contributed by atoms with Crippen LogP contribution in [0.3, 0.4) is 0 Å². The molecule has 0 aromatic heterocycles. The van der Waals surface area contributed by atoms with Crippen LogP contribution in [0.1, 0.15) is 216 Å². The third-order valence-corrected chi connectivity index (χ3v) is 22.4. The Morgan fingerprint density at radius 3 is 0.829 bits per heavy atom. The molecule has 0 bridgehead atoms. The highest BCUT2D eigenvalue weighted by Gasteiger charge is 2.23. The van der Waals surface area contributed by atoms with Crippen LogP contribution in [0.5, 0.6) is 0 Å². The van der Waals surface area contributed by atoms with Gasteiger partial charge < -0.3 is 0 Å². The fraction of sp³-hybridized carbons (Fsp3) is 0.290. The largest absolute Gasteiger partial charge is 0.204 e. The maximum Gasteiger partial charge on any atom is 0.160 e. The van der Waals surface area contributed by atoms with Crippen molar-refractivity contribution in [3.8, 4) is 59.2 Å². The van der Waals surface area contributed by atoms with E-state index < -0.39 is 58.2 Å². The first-order valence-corrected chi connectivity index (χ1v) is 41.1. The highest BCUT2D eigenvalue weighted by Crippen LogP contribution is 2.34. The lowest BCUT2D eigenvalue weighted by molar-refractivity contribution is 0.408. The van der Waals surface area contributed by atoms with Gasteiger partial charge in [0.1, 0.15) is 0 Å². The second-order valence-electron chi connectivity index (χ2n) is 31.1. The Balaban J connectivity index is 0.000000144. The maximum absolute atomic E-state index is 13.2. The Kier molecular flexibility index (Phi) is 32.1. The van der Waals surface area contributed by atoms with Crippen LogP contribution < -0.4 is 0 Å². The number of hydrogen-bond donors (Lipinski definition) is 0. The first kappa shape index (κ1) is 86.4. The number of rotatable bonds is 11. The fourth-order valence-electron chi connectivity index (χ4n) is 15.9. The van der Waals surface area contributed by atoms with Crippen molar-refractivity contribution in [1.29, 1.82) is 0 Å². The second kappa shape index (κ2) is 43.5. The zero-order valence-electron chi connectivity index (χ0n) is 67.0. The standard InChI is InChI=1S/C23H24F2.C22H20F2.C21H20F2.C21H18F2.C20H16F2/c1-2-3-4-5-17-8-11-21-15-18(9-12-20(21)14-17)6-7-19-10-13-22(24)23(25)16-19;1-2-3-4-16-7-10-20-14-17(8-11-19(20)13-16)5-6-18-9-12-21(23)22(24)15-18;2*1-2-3-15-6-9-19-13-16(7-10-18(19)12-15)4-5-17-8-11-20(22)21(23)14-17;1-2-14-5-8-18-12-15(6-9-17(18)11-14)3-4-16-7-10-19(21)20(22)13-16/h9-10,12-13,15-17H,2-5,8,11,14H2,1H3;2,8-9,11-12,14-16H,1,3-4,7,10,13H2;7-8,10-11,13-15H,2-3,6,9,12H2,1H3;2-3,7-8,10-11,13-15H,6,9,12H2,1H3;2,6-7,9-10,12-14H,1,5,8,11H2/b;;;3-2+;. The van der Waals surface area contributed by atoms with Crippen LogP contribution in [-0.4, -0.2) is 0 Å². The number of halogens is 10. The Morgan fingerprint density at radius 1 is 0.282 bits per heavy atom. The molecule has 0 saturated carbocycles. The molecule has 15 rings (SSSR count). The van der Waals surface area contributed by atoms with E-state index in [4.69, 9.17) is 0 Å². The van der Waals surface area contributed by atoms with Crippen LogP contribution in [0, 0.1) is 147 Å². The summed E-state index contributed by atoms with van der Waals surface area (Å²) < 4.78 is 131. The van der Waals surface area contributed by atoms with Crippen molar-refractivity contribution in [3.63, 3.8) is 0 Å². The molecule has 0 saturated heterocycles. The van der Waals surface area contributed by atoms with Gasteiger partial charge in [0.25, 0.3) is 0 Å². The van der Waals surface area contributed by atoms with E-state index in [9.17, 15) is 43.9 Å². The van der Waals surface area contributed by atoms with Crippen molar-refractivity contribution in [2.24, 2.45) is 29.6 Å². The molecule has 0 fully saturated rings. The molecule has 117 heavy (non-hydrogen) atoms. The minimum absolute atomic E-state index is 0.475. The van der Waals surface area contributed by atoms with Crippen molar-refractivity contribution >= 4 is 0 Å². The van der Waals surface area contributed by atoms with Gasteiger partial charge in [0.2, 0.25) is 0 Å². The second-order valence-corrected chi connectivity index (χ2v) is 31.1. The van der Waals surface area contributed by atoms with Gasteiger partial charge in [-0.05, 0) is 353 Å². The van der Waals surface area contributed by atoms with Crippen LogP contribution in [0.4, 0.5) is 43.9 Å². The molecule has 5 unspecified atom stereocenters. The zero-order chi connectivity index (χ0) is 82.6. The van der Waals surface area contributed by atoms with E-state index in [1.54, 1.807) is 0 Å². The normalized spacial score (nSPS) is 16.3. The molecule has 0 amide bonds. The van der Waals surface area contributed by atoms with Gasteiger partial charge >= 0.3 is 0 Å². The van der Waals surface area contributed by atoms with Gasteiger partial charge in [-0.15, -0.1) is 13.2 Å². The van der Waals surface area contributed by atoms with Crippen molar-refractivity contribution in [2.75, 3.05) is 0 Å². The lowest BCUT2D eigenvalue weighted by Gasteiger charge is -2.24. The summed E-state index contributed by atoms with van der Waals surface area (Å²) in [6.45, 7) is 14.2. The zero-order valence-corrected chi connectivity index (χ0v) is 67.0. The Hall–Kier alpha value is -11.5. The predicted molar refractivity (Wildman–Crippen MR) is 455 cm³/mol. The van der Waals surface area contributed by atoms with E-state index in [2.05, 4.69) is 166 Å². The molecule has 0 radical (unpaired) electrons. The lowest BCUT2D eigenvalue weighted by atomic mass is 9.81. The molecule has 0 N–H and O–H groups in total. The van der Waals surface area contributed by atoms with Crippen molar-refractivity contribution < 1.29 is 43.9 Å². The predicted octanol–water partition coefficient (Wildman–Crippen LogP) is 26.5. The van der Waals surface area contributed by atoms with Gasteiger partial charge in [0.15, 0.2) is 58.2 Å². The average Bonchev–Trinajstić information content (AvgIpc) is 0.840. The van der Waals surface area contributed by atoms with Crippen LogP contribution in [0.2, 0.25) is 0 Å². The van der Waals surface area contributed by atoms with E-state index in [1.165, 1.54) is 163 Å². The van der Waals surface area contributed by atoms with Gasteiger partial charge in [-0.2, -0.15) is 0 Å². The van der Waals surface area contributed by atoms with Gasteiger partial charge in [-0.1, -0.05) is 166 Å². The molecule has 0 nitrogen and oxygen atoms in total. The van der Waals surface area contributed by atoms with Crippen LogP contribution in [0.15, 0.2) is 219 Å². The third-order valence-electron chi connectivity index (χ3n) is 22.4. The van der Waals surface area contributed by atoms with Gasteiger partial charge in [-0.25, -0.2) is 43.9 Å². The summed E-state index contributed by atoms with van der Waals surface area (Å²) in [5, 5.41) is 0. The van der Waals surface area contributed by atoms with Crippen molar-refractivity contribution in [2.45, 2.75) is 168 Å². The maximum atomic E-state index is 13.2. The topological polar surface area (TPSA) is 0 Å². The molecule has 0 spiro atoms. The monoisotopic (exact) mass is 1570 g/mol. The Morgan fingerprint density at radius 2 is 0.547 bits per heavy atom. The van der Waals surface area contributed by atoms with Gasteiger partial charge in [-0.3, -0.25) is 0 Å². The highest BCUT2D eigenvalue weighted by atomic mass is 19.2. The van der Waals surface area contributed by atoms with E-state index in [-0.39, 0.29) is 0 Å². The average molecular weight is 1570 g/mol. The molecule has 596 valence electrons. The molecule has 10 heteroatoms. The smallest absolute Gasteiger partial charge is 0.160 e. The molecule has 10 aromatic carbocycles. The molecular formula is C107H98F10. The molecule has 5 aliphatic carbocycles. The van der Waals surface area contributed by atoms with Crippen molar-refractivity contribution in [3.05, 3.63) is 389 Å². The number of unbranched alkanes of at least 4 members (excludes halogenated alkanes) is 2. The lowest BCUT2D eigenvalue weighted by Crippen LogP contribution is -2.14. The highest BCUT2D eigenvalue weighted by molar-refractivity contribution is 5.52. The molecule has 5 aliphatic rings. The SMILES string of the molecule is C/C=C/C1CCc2cc(C#Cc3ccc(F)c(F)c3)ccc2C1.C=CC1CCc2cc(C#Cc3ccc(F)c(F)c3)ccc2C1.C=CCCC1CCc2cc(C#Cc3ccc(F)c(F)c3)ccc2C1.CCCC1CCc2cc(C#Cc3ccc(F)c(F)c3)ccc2C1.CCCCCC1CCc2cc(C#Cc3ccc(F)c(F)c3)ccc2C1. The number of aryl methyl sites for hydroxylation is 5. The number of fused-ring (bicyclic) bond motifs is 5. The van der Waals surface area contributed by atoms with Crippen molar-refractivity contribution in [1.82, 2.24) is 0 Å². The van der Waals surface area contributed by atoms with Crippen LogP contribution >= 0.6 is 0 Å².